The number of hydrogen-bond acceptors (Lipinski definition) is 3. The summed E-state index contributed by atoms with van der Waals surface area (Å²) >= 11 is 0. The maximum Gasteiger partial charge on any atom is 0.300 e. The first-order valence-electron chi connectivity index (χ1n) is 2.53. The van der Waals surface area contributed by atoms with Gasteiger partial charge in [-0.1, -0.05) is 6.08 Å². The van der Waals surface area contributed by atoms with Gasteiger partial charge in [-0.15, -0.1) is 0 Å². The van der Waals surface area contributed by atoms with Crippen molar-refractivity contribution >= 4 is 6.47 Å². The topological polar surface area (TPSA) is 35.5 Å². The van der Waals surface area contributed by atoms with Crippen molar-refractivity contribution in [3.63, 3.8) is 0 Å². The van der Waals surface area contributed by atoms with Gasteiger partial charge in [0.25, 0.3) is 5.95 Å². The highest BCUT2D eigenvalue weighted by molar-refractivity contribution is 5.39. The van der Waals surface area contributed by atoms with Crippen LogP contribution in [0, 0.1) is 0 Å². The zero-order valence-electron chi connectivity index (χ0n) is 4.74. The van der Waals surface area contributed by atoms with Gasteiger partial charge in [0.2, 0.25) is 0 Å². The third-order valence-electron chi connectivity index (χ3n) is 0.854. The van der Waals surface area contributed by atoms with E-state index in [9.17, 15) is 4.79 Å². The molecular weight excluding hydrogens is 120 g/mol. The Morgan fingerprint density at radius 3 is 3.22 bits per heavy atom. The van der Waals surface area contributed by atoms with Crippen LogP contribution in [0.15, 0.2) is 24.2 Å². The van der Waals surface area contributed by atoms with Crippen molar-refractivity contribution in [3.8, 4) is 0 Å². The average Bonchev–Trinajstić information content (AvgIpc) is 1.91. The van der Waals surface area contributed by atoms with Crippen LogP contribution >= 0.6 is 0 Å². The van der Waals surface area contributed by atoms with E-state index in [2.05, 4.69) is 4.74 Å². The highest BCUT2D eigenvalue weighted by atomic mass is 16.7. The van der Waals surface area contributed by atoms with E-state index in [0.717, 1.165) is 0 Å². The van der Waals surface area contributed by atoms with E-state index in [4.69, 9.17) is 4.74 Å². The molecule has 1 rings (SSSR count). The summed E-state index contributed by atoms with van der Waals surface area (Å²) in [5.74, 6) is 0.257. The quantitative estimate of drug-likeness (QED) is 0.508. The number of hydrogen-bond donors (Lipinski definition) is 0. The third-order valence-corrected chi connectivity index (χ3v) is 0.854. The molecule has 0 bridgehead atoms. The summed E-state index contributed by atoms with van der Waals surface area (Å²) in [5, 5.41) is 0. The maximum absolute atomic E-state index is 9.71. The monoisotopic (exact) mass is 126 g/mol. The summed E-state index contributed by atoms with van der Waals surface area (Å²) < 4.78 is 9.23. The van der Waals surface area contributed by atoms with Crippen molar-refractivity contribution in [1.29, 1.82) is 0 Å². The molecule has 3 heteroatoms. The van der Waals surface area contributed by atoms with Crippen LogP contribution in [-0.4, -0.2) is 13.1 Å². The molecule has 9 heavy (non-hydrogen) atoms. The zero-order valence-corrected chi connectivity index (χ0v) is 4.74. The smallest absolute Gasteiger partial charge is 0.300 e. The summed E-state index contributed by atoms with van der Waals surface area (Å²) in [6.45, 7) is 0.810. The fraction of sp³-hybridized carbons (Fsp3) is 0.167. The van der Waals surface area contributed by atoms with E-state index >= 15 is 0 Å². The lowest BCUT2D eigenvalue weighted by molar-refractivity contribution is -0.129. The molecule has 48 valence electrons. The molecule has 0 saturated heterocycles. The molecule has 0 spiro atoms. The largest absolute Gasteiger partial charge is 0.461 e. The minimum absolute atomic E-state index is 0.257. The Balaban J connectivity index is 2.47. The Morgan fingerprint density at radius 2 is 2.67 bits per heavy atom. The second-order valence-electron chi connectivity index (χ2n) is 1.44. The fourth-order valence-electron chi connectivity index (χ4n) is 0.501. The molecule has 0 atom stereocenters. The molecule has 0 saturated carbocycles. The Labute approximate surface area is 52.6 Å². The SMILES string of the molecule is O=COC1=CC=CCO1. The lowest BCUT2D eigenvalue weighted by Crippen LogP contribution is -1.99. The molecule has 0 aromatic carbocycles. The van der Waals surface area contributed by atoms with E-state index < -0.39 is 0 Å². The number of carbonyl (C=O) groups is 1. The van der Waals surface area contributed by atoms with Gasteiger partial charge in [0.15, 0.2) is 0 Å². The average molecular weight is 126 g/mol. The van der Waals surface area contributed by atoms with E-state index in [-0.39, 0.29) is 5.95 Å². The van der Waals surface area contributed by atoms with Gasteiger partial charge in [-0.05, 0) is 6.08 Å². The van der Waals surface area contributed by atoms with E-state index in [1.54, 1.807) is 12.2 Å². The van der Waals surface area contributed by atoms with E-state index in [0.29, 0.717) is 13.1 Å². The van der Waals surface area contributed by atoms with Crippen LogP contribution in [0.5, 0.6) is 0 Å². The zero-order chi connectivity index (χ0) is 6.53. The summed E-state index contributed by atoms with van der Waals surface area (Å²) in [6, 6.07) is 0. The molecular formula is C6H6O3. The predicted molar refractivity (Wildman–Crippen MR) is 30.3 cm³/mol. The minimum Gasteiger partial charge on any atom is -0.461 e. The van der Waals surface area contributed by atoms with Gasteiger partial charge in [-0.3, -0.25) is 4.79 Å². The molecule has 0 aromatic heterocycles. The maximum atomic E-state index is 9.71. The molecule has 1 aliphatic heterocycles. The summed E-state index contributed by atoms with van der Waals surface area (Å²) in [7, 11) is 0. The van der Waals surface area contributed by atoms with Gasteiger partial charge in [0.1, 0.15) is 6.61 Å². The molecule has 0 radical (unpaired) electrons. The van der Waals surface area contributed by atoms with Gasteiger partial charge >= 0.3 is 6.47 Å². The number of rotatable bonds is 2. The van der Waals surface area contributed by atoms with Crippen molar-refractivity contribution < 1.29 is 14.3 Å². The fourth-order valence-corrected chi connectivity index (χ4v) is 0.501. The molecule has 1 heterocycles. The second-order valence-corrected chi connectivity index (χ2v) is 1.44. The van der Waals surface area contributed by atoms with E-state index in [1.807, 2.05) is 6.08 Å². The Hall–Kier alpha value is -1.25. The molecule has 0 aromatic rings. The highest BCUT2D eigenvalue weighted by Crippen LogP contribution is 2.02. The van der Waals surface area contributed by atoms with Crippen molar-refractivity contribution in [2.75, 3.05) is 6.61 Å². The first-order chi connectivity index (χ1) is 4.43. The molecule has 0 fully saturated rings. The van der Waals surface area contributed by atoms with E-state index in [1.165, 1.54) is 0 Å². The Morgan fingerprint density at radius 1 is 1.78 bits per heavy atom. The van der Waals surface area contributed by atoms with Gasteiger partial charge in [0, 0.05) is 6.08 Å². The molecule has 1 aliphatic rings. The van der Waals surface area contributed by atoms with Crippen molar-refractivity contribution in [2.45, 2.75) is 0 Å². The molecule has 0 unspecified atom stereocenters. The van der Waals surface area contributed by atoms with Crippen LogP contribution in [0.3, 0.4) is 0 Å². The van der Waals surface area contributed by atoms with Gasteiger partial charge < -0.3 is 9.47 Å². The van der Waals surface area contributed by atoms with Gasteiger partial charge in [0.05, 0.1) is 0 Å². The van der Waals surface area contributed by atoms with Crippen LogP contribution < -0.4 is 0 Å². The van der Waals surface area contributed by atoms with Gasteiger partial charge in [-0.25, -0.2) is 0 Å². The molecule has 0 amide bonds. The van der Waals surface area contributed by atoms with Crippen molar-refractivity contribution in [2.24, 2.45) is 0 Å². The number of allylic oxidation sites excluding steroid dienone is 2. The van der Waals surface area contributed by atoms with Crippen molar-refractivity contribution in [1.82, 2.24) is 0 Å². The summed E-state index contributed by atoms with van der Waals surface area (Å²) in [5.41, 5.74) is 0. The molecule has 0 N–H and O–H groups in total. The lowest BCUT2D eigenvalue weighted by Gasteiger charge is -2.06. The highest BCUT2D eigenvalue weighted by Gasteiger charge is 1.97. The normalized spacial score (nSPS) is 15.8. The number of carbonyl (C=O) groups excluding carboxylic acids is 1. The molecule has 0 aliphatic carbocycles. The first-order valence-corrected chi connectivity index (χ1v) is 2.53. The van der Waals surface area contributed by atoms with Crippen LogP contribution in [0.25, 0.3) is 0 Å². The standard InChI is InChI=1S/C6H6O3/c7-5-9-6-3-1-2-4-8-6/h1-3,5H,4H2. The van der Waals surface area contributed by atoms with Crippen LogP contribution in [0.4, 0.5) is 0 Å². The van der Waals surface area contributed by atoms with Crippen LogP contribution in [0.1, 0.15) is 0 Å². The third kappa shape index (κ3) is 1.60. The van der Waals surface area contributed by atoms with Crippen molar-refractivity contribution in [3.05, 3.63) is 24.2 Å². The summed E-state index contributed by atoms with van der Waals surface area (Å²) in [4.78, 5) is 9.71. The molecule has 3 nitrogen and oxygen atoms in total. The predicted octanol–water partition coefficient (Wildman–Crippen LogP) is 0.587. The second kappa shape index (κ2) is 2.91. The minimum atomic E-state index is 0.257. The Bertz CT molecular complexity index is 158. The lowest BCUT2D eigenvalue weighted by atomic mass is 10.4. The van der Waals surface area contributed by atoms with Crippen LogP contribution in [-0.2, 0) is 14.3 Å². The number of ether oxygens (including phenoxy) is 2. The van der Waals surface area contributed by atoms with Gasteiger partial charge in [-0.2, -0.15) is 0 Å². The van der Waals surface area contributed by atoms with Crippen LogP contribution in [0.2, 0.25) is 0 Å². The Kier molecular flexibility index (Phi) is 1.90. The first kappa shape index (κ1) is 5.88. The summed E-state index contributed by atoms with van der Waals surface area (Å²) in [6.07, 6.45) is 5.16.